The van der Waals surface area contributed by atoms with Crippen molar-refractivity contribution >= 4 is 12.0 Å². The summed E-state index contributed by atoms with van der Waals surface area (Å²) in [4.78, 5) is 24.6. The van der Waals surface area contributed by atoms with Gasteiger partial charge in [-0.1, -0.05) is 26.8 Å². The van der Waals surface area contributed by atoms with Gasteiger partial charge in [0.25, 0.3) is 0 Å². The quantitative estimate of drug-likeness (QED) is 0.551. The van der Waals surface area contributed by atoms with Crippen molar-refractivity contribution in [2.24, 2.45) is 5.41 Å². The molecule has 0 saturated heterocycles. The highest BCUT2D eigenvalue weighted by Crippen LogP contribution is 2.19. The molecule has 0 aromatic carbocycles. The minimum atomic E-state index is -1.01. The number of rotatable bonds is 7. The van der Waals surface area contributed by atoms with Crippen molar-refractivity contribution in [2.75, 3.05) is 13.6 Å². The monoisotopic (exact) mass is 270 g/mol. The molecule has 110 valence electrons. The Balaban J connectivity index is 4.32. The highest BCUT2D eigenvalue weighted by Gasteiger charge is 2.33. The molecule has 2 amide bonds. The fourth-order valence-electron chi connectivity index (χ4n) is 1.62. The van der Waals surface area contributed by atoms with E-state index in [1.165, 1.54) is 4.90 Å². The zero-order valence-electron chi connectivity index (χ0n) is 12.4. The van der Waals surface area contributed by atoms with Crippen LogP contribution >= 0.6 is 0 Å². The number of nitrogens with one attached hydrogen (secondary N) is 1. The third-order valence-corrected chi connectivity index (χ3v) is 2.88. The highest BCUT2D eigenvalue weighted by molar-refractivity contribution is 5.83. The maximum Gasteiger partial charge on any atom is 0.326 e. The van der Waals surface area contributed by atoms with Crippen LogP contribution in [0, 0.1) is 5.41 Å². The average molecular weight is 270 g/mol. The van der Waals surface area contributed by atoms with Gasteiger partial charge in [-0.25, -0.2) is 9.59 Å². The van der Waals surface area contributed by atoms with Crippen molar-refractivity contribution < 1.29 is 14.7 Å². The minimum absolute atomic E-state index is 0.346. The lowest BCUT2D eigenvalue weighted by molar-refractivity contribution is -0.142. The van der Waals surface area contributed by atoms with Crippen molar-refractivity contribution in [3.05, 3.63) is 12.7 Å². The number of carboxylic acids is 1. The van der Waals surface area contributed by atoms with Crippen LogP contribution < -0.4 is 5.32 Å². The molecule has 0 spiro atoms. The third kappa shape index (κ3) is 6.84. The molecule has 0 heterocycles. The van der Waals surface area contributed by atoms with E-state index in [1.807, 2.05) is 6.08 Å². The van der Waals surface area contributed by atoms with Gasteiger partial charge in [0.05, 0.1) is 0 Å². The van der Waals surface area contributed by atoms with Crippen LogP contribution in [0.1, 0.15) is 40.0 Å². The van der Waals surface area contributed by atoms with Crippen molar-refractivity contribution in [2.45, 2.75) is 46.1 Å². The number of carbonyl (C=O) groups is 2. The lowest BCUT2D eigenvalue weighted by Gasteiger charge is -2.29. The second-order valence-electron chi connectivity index (χ2n) is 5.79. The molecule has 2 N–H and O–H groups in total. The van der Waals surface area contributed by atoms with E-state index >= 15 is 0 Å². The summed E-state index contributed by atoms with van der Waals surface area (Å²) < 4.78 is 0. The number of carboxylic acid groups (broad SMARTS) is 1. The number of carbonyl (C=O) groups excluding carboxylic acids is 1. The molecule has 19 heavy (non-hydrogen) atoms. The van der Waals surface area contributed by atoms with E-state index in [4.69, 9.17) is 5.11 Å². The molecule has 0 fully saturated rings. The summed E-state index contributed by atoms with van der Waals surface area (Å²) in [5.74, 6) is -1.01. The SMILES string of the molecule is C=CCCCCN(C)C(=O)N[C@H](C(=O)O)C(C)(C)C. The first-order valence-corrected chi connectivity index (χ1v) is 6.55. The van der Waals surface area contributed by atoms with Crippen molar-refractivity contribution in [3.8, 4) is 0 Å². The molecule has 0 aromatic heterocycles. The molecule has 0 rings (SSSR count). The zero-order valence-corrected chi connectivity index (χ0v) is 12.4. The van der Waals surface area contributed by atoms with Crippen LogP contribution in [0.2, 0.25) is 0 Å². The van der Waals surface area contributed by atoms with E-state index in [1.54, 1.807) is 27.8 Å². The zero-order chi connectivity index (χ0) is 15.1. The molecule has 0 aliphatic rings. The molecule has 0 unspecified atom stereocenters. The molecule has 1 atom stereocenters. The number of hydrogen-bond acceptors (Lipinski definition) is 2. The van der Waals surface area contributed by atoms with Gasteiger partial charge in [0, 0.05) is 13.6 Å². The number of nitrogens with zero attached hydrogens (tertiary/aromatic N) is 1. The Bertz CT molecular complexity index is 321. The number of unbranched alkanes of at least 4 members (excludes halogenated alkanes) is 2. The van der Waals surface area contributed by atoms with Gasteiger partial charge in [0.15, 0.2) is 0 Å². The summed E-state index contributed by atoms with van der Waals surface area (Å²) in [7, 11) is 1.67. The Morgan fingerprint density at radius 1 is 1.37 bits per heavy atom. The van der Waals surface area contributed by atoms with Crippen LogP contribution in [-0.2, 0) is 4.79 Å². The predicted molar refractivity (Wildman–Crippen MR) is 76.1 cm³/mol. The molecule has 0 aliphatic carbocycles. The number of urea groups is 1. The molecule has 5 heteroatoms. The van der Waals surface area contributed by atoms with Gasteiger partial charge in [-0.3, -0.25) is 0 Å². The van der Waals surface area contributed by atoms with E-state index < -0.39 is 17.4 Å². The molecular weight excluding hydrogens is 244 g/mol. The Kier molecular flexibility index (Phi) is 7.19. The van der Waals surface area contributed by atoms with E-state index in [2.05, 4.69) is 11.9 Å². The topological polar surface area (TPSA) is 69.6 Å². The summed E-state index contributed by atoms with van der Waals surface area (Å²) >= 11 is 0. The van der Waals surface area contributed by atoms with Crippen molar-refractivity contribution in [3.63, 3.8) is 0 Å². The second-order valence-corrected chi connectivity index (χ2v) is 5.79. The summed E-state index contributed by atoms with van der Waals surface area (Å²) in [6, 6.07) is -1.24. The molecule has 0 radical (unpaired) electrons. The standard InChI is InChI=1S/C14H26N2O3/c1-6-7-8-9-10-16(5)13(19)15-11(12(17)18)14(2,3)4/h6,11H,1,7-10H2,2-5H3,(H,15,19)(H,17,18)/t11-/m1/s1. The van der Waals surface area contributed by atoms with Crippen LogP contribution in [0.25, 0.3) is 0 Å². The molecular formula is C14H26N2O3. The minimum Gasteiger partial charge on any atom is -0.480 e. The smallest absolute Gasteiger partial charge is 0.326 e. The van der Waals surface area contributed by atoms with Crippen molar-refractivity contribution in [1.82, 2.24) is 10.2 Å². The maximum atomic E-state index is 11.9. The third-order valence-electron chi connectivity index (χ3n) is 2.88. The van der Waals surface area contributed by atoms with Crippen LogP contribution in [0.4, 0.5) is 4.79 Å². The van der Waals surface area contributed by atoms with E-state index in [0.717, 1.165) is 19.3 Å². The van der Waals surface area contributed by atoms with E-state index in [9.17, 15) is 9.59 Å². The van der Waals surface area contributed by atoms with E-state index in [0.29, 0.717) is 6.54 Å². The van der Waals surface area contributed by atoms with Gasteiger partial charge < -0.3 is 15.3 Å². The first kappa shape index (κ1) is 17.5. The van der Waals surface area contributed by atoms with Crippen molar-refractivity contribution in [1.29, 1.82) is 0 Å². The molecule has 0 aliphatic heterocycles. The fraction of sp³-hybridized carbons (Fsp3) is 0.714. The summed E-state index contributed by atoms with van der Waals surface area (Å²) in [5, 5.41) is 11.7. The summed E-state index contributed by atoms with van der Waals surface area (Å²) in [6.45, 7) is 9.61. The Morgan fingerprint density at radius 2 is 1.95 bits per heavy atom. The number of allylic oxidation sites excluding steroid dienone is 1. The number of aliphatic carboxylic acids is 1. The maximum absolute atomic E-state index is 11.9. The van der Waals surface area contributed by atoms with Gasteiger partial charge in [0.2, 0.25) is 0 Å². The van der Waals surface area contributed by atoms with Gasteiger partial charge in [0.1, 0.15) is 6.04 Å². The molecule has 5 nitrogen and oxygen atoms in total. The highest BCUT2D eigenvalue weighted by atomic mass is 16.4. The molecule has 0 aromatic rings. The van der Waals surface area contributed by atoms with Gasteiger partial charge in [-0.2, -0.15) is 0 Å². The van der Waals surface area contributed by atoms with Crippen LogP contribution in [0.5, 0.6) is 0 Å². The Morgan fingerprint density at radius 3 is 2.37 bits per heavy atom. The Hall–Kier alpha value is -1.52. The second kappa shape index (κ2) is 7.81. The normalized spacial score (nSPS) is 12.6. The lowest BCUT2D eigenvalue weighted by Crippen LogP contribution is -2.52. The molecule has 0 saturated carbocycles. The lowest BCUT2D eigenvalue weighted by atomic mass is 9.87. The summed E-state index contributed by atoms with van der Waals surface area (Å²) in [6.07, 6.45) is 4.63. The van der Waals surface area contributed by atoms with Gasteiger partial charge in [-0.15, -0.1) is 6.58 Å². The number of amides is 2. The van der Waals surface area contributed by atoms with Gasteiger partial charge >= 0.3 is 12.0 Å². The van der Waals surface area contributed by atoms with Gasteiger partial charge in [-0.05, 0) is 24.7 Å². The fourth-order valence-corrected chi connectivity index (χ4v) is 1.62. The van der Waals surface area contributed by atoms with Crippen LogP contribution in [0.15, 0.2) is 12.7 Å². The van der Waals surface area contributed by atoms with Crippen LogP contribution in [0.3, 0.4) is 0 Å². The average Bonchev–Trinajstić information content (AvgIpc) is 2.29. The molecule has 0 bridgehead atoms. The summed E-state index contributed by atoms with van der Waals surface area (Å²) in [5.41, 5.74) is -0.523. The first-order valence-electron chi connectivity index (χ1n) is 6.55. The Labute approximate surface area is 115 Å². The van der Waals surface area contributed by atoms with E-state index in [-0.39, 0.29) is 6.03 Å². The predicted octanol–water partition coefficient (Wildman–Crippen LogP) is 2.48. The number of hydrogen-bond donors (Lipinski definition) is 2. The first-order chi connectivity index (χ1) is 8.70. The largest absolute Gasteiger partial charge is 0.480 e. The van der Waals surface area contributed by atoms with Crippen LogP contribution in [-0.4, -0.2) is 41.6 Å².